The number of carbonyl (C=O) groups is 1. The van der Waals surface area contributed by atoms with Crippen molar-refractivity contribution in [3.05, 3.63) is 39.7 Å². The lowest BCUT2D eigenvalue weighted by atomic mass is 10.1. The molecule has 0 aliphatic carbocycles. The normalized spacial score (nSPS) is 12.2. The molecular formula is C14H18N3O3S+. The zero-order valence-corrected chi connectivity index (χ0v) is 13.2. The number of anilines is 1. The summed E-state index contributed by atoms with van der Waals surface area (Å²) in [6, 6.07) is 5.84. The van der Waals surface area contributed by atoms with Crippen LogP contribution in [-0.2, 0) is 11.8 Å². The van der Waals surface area contributed by atoms with E-state index < -0.39 is 10.9 Å². The Hall–Kier alpha value is -2.02. The zero-order chi connectivity index (χ0) is 15.6. The Kier molecular flexibility index (Phi) is 4.52. The van der Waals surface area contributed by atoms with Crippen LogP contribution in [-0.4, -0.2) is 16.4 Å². The van der Waals surface area contributed by atoms with Crippen molar-refractivity contribution in [3.63, 3.8) is 0 Å². The first kappa shape index (κ1) is 15.4. The Bertz CT molecular complexity index is 700. The van der Waals surface area contributed by atoms with Crippen molar-refractivity contribution >= 4 is 23.4 Å². The van der Waals surface area contributed by atoms with E-state index in [1.807, 2.05) is 32.0 Å². The van der Waals surface area contributed by atoms with Gasteiger partial charge >= 0.3 is 10.7 Å². The van der Waals surface area contributed by atoms with Gasteiger partial charge in [0, 0.05) is 5.69 Å². The second-order valence-corrected chi connectivity index (χ2v) is 6.19. The van der Waals surface area contributed by atoms with Crippen LogP contribution in [0.3, 0.4) is 0 Å². The van der Waals surface area contributed by atoms with Crippen LogP contribution in [0.25, 0.3) is 0 Å². The first-order valence-corrected chi connectivity index (χ1v) is 7.39. The Morgan fingerprint density at radius 2 is 2.00 bits per heavy atom. The SMILES string of the molecule is Cc1cccc(C)c1NC(=O)C(C)Sc1c(=O)o[nH][n+]1C. The number of rotatable bonds is 4. The quantitative estimate of drug-likeness (QED) is 0.663. The number of H-pyrrole nitrogens is 1. The number of amides is 1. The van der Waals surface area contributed by atoms with Crippen LogP contribution in [0.4, 0.5) is 5.69 Å². The third kappa shape index (κ3) is 3.36. The van der Waals surface area contributed by atoms with E-state index in [4.69, 9.17) is 0 Å². The number of para-hydroxylation sites is 1. The highest BCUT2D eigenvalue weighted by Crippen LogP contribution is 2.22. The van der Waals surface area contributed by atoms with Crippen molar-refractivity contribution in [1.29, 1.82) is 0 Å². The van der Waals surface area contributed by atoms with Gasteiger partial charge in [-0.15, -0.1) is 0 Å². The first-order valence-electron chi connectivity index (χ1n) is 6.51. The Morgan fingerprint density at radius 1 is 1.38 bits per heavy atom. The molecule has 7 heteroatoms. The van der Waals surface area contributed by atoms with Crippen LogP contribution >= 0.6 is 11.8 Å². The monoisotopic (exact) mass is 308 g/mol. The molecule has 21 heavy (non-hydrogen) atoms. The van der Waals surface area contributed by atoms with Gasteiger partial charge in [-0.2, -0.15) is 0 Å². The molecule has 112 valence electrons. The third-order valence-corrected chi connectivity index (χ3v) is 4.37. The van der Waals surface area contributed by atoms with E-state index >= 15 is 0 Å². The van der Waals surface area contributed by atoms with Gasteiger partial charge in [-0.25, -0.2) is 4.79 Å². The van der Waals surface area contributed by atoms with E-state index in [1.54, 1.807) is 14.0 Å². The second-order valence-electron chi connectivity index (χ2n) is 4.86. The van der Waals surface area contributed by atoms with Gasteiger partial charge in [-0.05, 0) is 48.9 Å². The average Bonchev–Trinajstić information content (AvgIpc) is 2.74. The molecule has 2 aromatic rings. The number of hydrogen-bond acceptors (Lipinski definition) is 4. The van der Waals surface area contributed by atoms with Gasteiger partial charge in [0.15, 0.2) is 7.05 Å². The Balaban J connectivity index is 2.12. The largest absolute Gasteiger partial charge is 0.441 e. The van der Waals surface area contributed by atoms with Crippen LogP contribution in [0, 0.1) is 13.8 Å². The molecule has 1 aromatic heterocycles. The van der Waals surface area contributed by atoms with Gasteiger partial charge in [0.05, 0.1) is 5.25 Å². The molecule has 0 fully saturated rings. The molecule has 1 amide bonds. The fourth-order valence-electron chi connectivity index (χ4n) is 1.92. The fourth-order valence-corrected chi connectivity index (χ4v) is 2.75. The molecule has 2 rings (SSSR count). The number of aromatic nitrogens is 2. The summed E-state index contributed by atoms with van der Waals surface area (Å²) < 4.78 is 6.12. The summed E-state index contributed by atoms with van der Waals surface area (Å²) in [5, 5.41) is 5.28. The van der Waals surface area contributed by atoms with Crippen LogP contribution in [0.1, 0.15) is 18.1 Å². The third-order valence-electron chi connectivity index (χ3n) is 3.14. The molecule has 0 aliphatic heterocycles. The molecule has 1 heterocycles. The minimum absolute atomic E-state index is 0.155. The maximum absolute atomic E-state index is 12.3. The van der Waals surface area contributed by atoms with Gasteiger partial charge in [-0.1, -0.05) is 22.9 Å². The van der Waals surface area contributed by atoms with Crippen LogP contribution in [0.2, 0.25) is 0 Å². The van der Waals surface area contributed by atoms with Gasteiger partial charge < -0.3 is 5.32 Å². The number of nitrogens with one attached hydrogen (secondary N) is 2. The number of thioether (sulfide) groups is 1. The van der Waals surface area contributed by atoms with Crippen molar-refractivity contribution in [1.82, 2.24) is 5.27 Å². The minimum atomic E-state index is -0.478. The second kappa shape index (κ2) is 6.17. The van der Waals surface area contributed by atoms with Crippen LogP contribution in [0.15, 0.2) is 32.5 Å². The highest BCUT2D eigenvalue weighted by atomic mass is 32.2. The average molecular weight is 308 g/mol. The predicted octanol–water partition coefficient (Wildman–Crippen LogP) is 1.53. The van der Waals surface area contributed by atoms with Crippen molar-refractivity contribution in [2.45, 2.75) is 31.0 Å². The fraction of sp³-hybridized carbons (Fsp3) is 0.357. The number of aromatic amines is 1. The van der Waals surface area contributed by atoms with Crippen molar-refractivity contribution in [2.24, 2.45) is 7.05 Å². The summed E-state index contributed by atoms with van der Waals surface area (Å²) in [5.41, 5.74) is 2.36. The molecule has 0 saturated heterocycles. The lowest BCUT2D eigenvalue weighted by Crippen LogP contribution is -2.35. The summed E-state index contributed by atoms with van der Waals surface area (Å²) in [7, 11) is 1.66. The molecule has 1 atom stereocenters. The number of carbonyl (C=O) groups excluding carboxylic acids is 1. The van der Waals surface area contributed by atoms with E-state index in [1.165, 1.54) is 4.68 Å². The summed E-state index contributed by atoms with van der Waals surface area (Å²) >= 11 is 1.16. The standard InChI is InChI=1S/C14H17N3O3S/c1-8-6-5-7-9(2)11(8)15-12(18)10(3)21-13-14(19)20-16-17(13)4/h5-7,10H,1-4H3,(H-,15,16,18,19)/p+1. The van der Waals surface area contributed by atoms with Crippen molar-refractivity contribution in [3.8, 4) is 0 Å². The van der Waals surface area contributed by atoms with E-state index in [0.717, 1.165) is 28.6 Å². The minimum Gasteiger partial charge on any atom is -0.325 e. The van der Waals surface area contributed by atoms with Gasteiger partial charge in [-0.3, -0.25) is 9.32 Å². The van der Waals surface area contributed by atoms with E-state index in [-0.39, 0.29) is 5.91 Å². The highest BCUT2D eigenvalue weighted by molar-refractivity contribution is 8.00. The summed E-state index contributed by atoms with van der Waals surface area (Å²) in [6.45, 7) is 5.64. The molecule has 0 spiro atoms. The molecule has 0 aliphatic rings. The maximum atomic E-state index is 12.3. The number of aryl methyl sites for hydroxylation is 3. The molecule has 1 aromatic carbocycles. The van der Waals surface area contributed by atoms with Crippen LogP contribution < -0.4 is 15.6 Å². The Morgan fingerprint density at radius 3 is 2.52 bits per heavy atom. The van der Waals surface area contributed by atoms with E-state index in [0.29, 0.717) is 5.03 Å². The van der Waals surface area contributed by atoms with E-state index in [9.17, 15) is 9.59 Å². The molecule has 2 N–H and O–H groups in total. The predicted molar refractivity (Wildman–Crippen MR) is 80.4 cm³/mol. The van der Waals surface area contributed by atoms with Gasteiger partial charge in [0.25, 0.3) is 0 Å². The molecule has 0 bridgehead atoms. The number of benzene rings is 1. The maximum Gasteiger partial charge on any atom is 0.441 e. The number of nitrogens with zero attached hydrogens (tertiary/aromatic N) is 1. The van der Waals surface area contributed by atoms with Crippen LogP contribution in [0.5, 0.6) is 0 Å². The number of hydrogen-bond donors (Lipinski definition) is 2. The summed E-state index contributed by atoms with van der Waals surface area (Å²) in [5.74, 6) is -0.155. The van der Waals surface area contributed by atoms with Gasteiger partial charge in [0.1, 0.15) is 0 Å². The topological polar surface area (TPSA) is 79.0 Å². The van der Waals surface area contributed by atoms with Crippen molar-refractivity contribution in [2.75, 3.05) is 5.32 Å². The smallest absolute Gasteiger partial charge is 0.325 e. The zero-order valence-electron chi connectivity index (χ0n) is 12.4. The molecule has 0 saturated carbocycles. The highest BCUT2D eigenvalue weighted by Gasteiger charge is 2.25. The first-order chi connectivity index (χ1) is 9.90. The summed E-state index contributed by atoms with van der Waals surface area (Å²) in [4.78, 5) is 23.8. The Labute approximate surface area is 126 Å². The molecule has 1 unspecified atom stereocenters. The molecular weight excluding hydrogens is 290 g/mol. The lowest BCUT2D eigenvalue weighted by Gasteiger charge is -2.13. The lowest BCUT2D eigenvalue weighted by molar-refractivity contribution is -0.772. The molecule has 0 radical (unpaired) electrons. The summed E-state index contributed by atoms with van der Waals surface area (Å²) in [6.07, 6.45) is 0. The molecule has 6 nitrogen and oxygen atoms in total. The van der Waals surface area contributed by atoms with E-state index in [2.05, 4.69) is 15.1 Å². The van der Waals surface area contributed by atoms with Crippen molar-refractivity contribution < 1.29 is 14.0 Å². The van der Waals surface area contributed by atoms with Gasteiger partial charge in [0.2, 0.25) is 5.91 Å².